The Morgan fingerprint density at radius 1 is 0.955 bits per heavy atom. The molecule has 0 bridgehead atoms. The van der Waals surface area contributed by atoms with Crippen LogP contribution in [0, 0.1) is 40.4 Å². The summed E-state index contributed by atoms with van der Waals surface area (Å²) in [6, 6.07) is 0. The van der Waals surface area contributed by atoms with Crippen LogP contribution in [0.3, 0.4) is 0 Å². The molecule has 3 aliphatic heterocycles. The first-order chi connectivity index (χ1) is 20.7. The first-order valence-corrected chi connectivity index (χ1v) is 17.0. The fourth-order valence-electron chi connectivity index (χ4n) is 11.3. The van der Waals surface area contributed by atoms with E-state index >= 15 is 0 Å². The molecule has 7 aliphatic rings. The van der Waals surface area contributed by atoms with Crippen LogP contribution in [0.1, 0.15) is 86.0 Å². The molecule has 0 amide bonds. The van der Waals surface area contributed by atoms with Crippen LogP contribution in [0.5, 0.6) is 0 Å². The molecule has 6 N–H and O–H groups in total. The Morgan fingerprint density at radius 2 is 1.70 bits per heavy atom. The third-order valence-electron chi connectivity index (χ3n) is 14.4. The molecule has 0 aromatic heterocycles. The van der Waals surface area contributed by atoms with Crippen molar-refractivity contribution in [3.05, 3.63) is 11.6 Å². The summed E-state index contributed by atoms with van der Waals surface area (Å²) >= 11 is 0. The third kappa shape index (κ3) is 4.42. The summed E-state index contributed by atoms with van der Waals surface area (Å²) < 4.78 is 24.8. The van der Waals surface area contributed by atoms with E-state index in [1.165, 1.54) is 5.57 Å². The Bertz CT molecular complexity index is 1150. The Morgan fingerprint density at radius 3 is 2.43 bits per heavy atom. The highest BCUT2D eigenvalue weighted by molar-refractivity contribution is 5.28. The van der Waals surface area contributed by atoms with E-state index in [9.17, 15) is 30.6 Å². The fourth-order valence-corrected chi connectivity index (χ4v) is 11.3. The summed E-state index contributed by atoms with van der Waals surface area (Å²) in [5.74, 6) is 2.17. The zero-order valence-electron chi connectivity index (χ0n) is 26.8. The Balaban J connectivity index is 1.09. The van der Waals surface area contributed by atoms with Gasteiger partial charge < -0.3 is 49.6 Å². The van der Waals surface area contributed by atoms with Crippen LogP contribution in [0.15, 0.2) is 11.6 Å². The van der Waals surface area contributed by atoms with Crippen molar-refractivity contribution in [3.8, 4) is 0 Å². The monoisotopic (exact) mass is 622 g/mol. The third-order valence-corrected chi connectivity index (χ3v) is 14.4. The molecule has 7 rings (SSSR count). The summed E-state index contributed by atoms with van der Waals surface area (Å²) in [6.07, 6.45) is 0.899. The molecule has 0 aromatic rings. The maximum absolute atomic E-state index is 11.3. The highest BCUT2D eigenvalue weighted by Crippen LogP contribution is 2.68. The van der Waals surface area contributed by atoms with Crippen molar-refractivity contribution < 1.29 is 49.6 Å². The summed E-state index contributed by atoms with van der Waals surface area (Å²) in [4.78, 5) is 0. The molecule has 10 nitrogen and oxygen atoms in total. The van der Waals surface area contributed by atoms with Gasteiger partial charge in [-0.05, 0) is 87.4 Å². The second kappa shape index (κ2) is 10.7. The Hall–Kier alpha value is -0.660. The number of epoxide rings is 1. The molecule has 44 heavy (non-hydrogen) atoms. The van der Waals surface area contributed by atoms with Crippen LogP contribution in [0.25, 0.3) is 0 Å². The SMILES string of the molecule is C[C@@H]([C@H]1CC[C@H]2[C@@H]3CC=C4C[C@@H](O)C[C@H](O)[C@]4(C)[C@H]3CC[C@]12C)[C@H]1C[C@]2(C)O[C@]2(C)[C@H](O[C@@H]2O[C@H](CO)[C@@H](O)[C@H](O)[C@H]2O)O1. The molecule has 0 spiro atoms. The standard InChI is InChI=1S/C34H54O10/c1-16(23-14-32(3)34(5,44-32)30(42-23)43-29-28(40)27(39)26(38)24(15-35)41-29)20-8-9-21-19-7-6-17-12-18(36)13-25(37)33(17,4)22(19)10-11-31(20,21)2/h6,16,18-30,35-40H,7-15H2,1-5H3/t16-,18+,19-,20+,21-,22-,23+,24+,25-,26+,27-,28+,29-,30-,31+,32-,33-,34+/m0/s1. The fraction of sp³-hybridized carbons (Fsp3) is 0.941. The van der Waals surface area contributed by atoms with Gasteiger partial charge in [0.2, 0.25) is 0 Å². The van der Waals surface area contributed by atoms with Gasteiger partial charge in [-0.1, -0.05) is 32.4 Å². The molecule has 10 heteroatoms. The highest BCUT2D eigenvalue weighted by atomic mass is 16.8. The molecular weight excluding hydrogens is 568 g/mol. The minimum Gasteiger partial charge on any atom is -0.394 e. The van der Waals surface area contributed by atoms with Crippen molar-refractivity contribution in [3.63, 3.8) is 0 Å². The number of hydrogen-bond donors (Lipinski definition) is 6. The summed E-state index contributed by atoms with van der Waals surface area (Å²) in [5.41, 5.74) is -0.0710. The van der Waals surface area contributed by atoms with Crippen LogP contribution in [-0.2, 0) is 18.9 Å². The molecule has 3 saturated carbocycles. The molecule has 0 unspecified atom stereocenters. The molecule has 4 aliphatic carbocycles. The van der Waals surface area contributed by atoms with Crippen LogP contribution in [-0.4, -0.2) is 104 Å². The van der Waals surface area contributed by atoms with Gasteiger partial charge in [0.1, 0.15) is 35.6 Å². The molecule has 18 atom stereocenters. The van der Waals surface area contributed by atoms with E-state index < -0.39 is 67.0 Å². The Labute approximate surface area is 260 Å². The molecule has 3 saturated heterocycles. The number of rotatable bonds is 5. The summed E-state index contributed by atoms with van der Waals surface area (Å²) in [6.45, 7) is 10.5. The lowest BCUT2D eigenvalue weighted by molar-refractivity contribution is -0.355. The van der Waals surface area contributed by atoms with Crippen LogP contribution in [0.2, 0.25) is 0 Å². The molecule has 250 valence electrons. The van der Waals surface area contributed by atoms with Gasteiger partial charge in [0.15, 0.2) is 12.6 Å². The summed E-state index contributed by atoms with van der Waals surface area (Å²) in [5, 5.41) is 62.5. The average Bonchev–Trinajstić information content (AvgIpc) is 3.38. The van der Waals surface area contributed by atoms with Crippen molar-refractivity contribution in [2.75, 3.05) is 6.61 Å². The molecular formula is C34H54O10. The van der Waals surface area contributed by atoms with Crippen molar-refractivity contribution in [1.82, 2.24) is 0 Å². The quantitative estimate of drug-likeness (QED) is 0.198. The number of aliphatic hydroxyl groups excluding tert-OH is 6. The lowest BCUT2D eigenvalue weighted by Crippen LogP contribution is -2.61. The highest BCUT2D eigenvalue weighted by Gasteiger charge is 2.74. The first kappa shape index (κ1) is 31.9. The van der Waals surface area contributed by atoms with E-state index in [-0.39, 0.29) is 22.9 Å². The smallest absolute Gasteiger partial charge is 0.192 e. The molecule has 3 heterocycles. The van der Waals surface area contributed by atoms with Gasteiger partial charge in [0, 0.05) is 18.3 Å². The minimum atomic E-state index is -1.53. The predicted octanol–water partition coefficient (Wildman–Crippen LogP) is 2.01. The van der Waals surface area contributed by atoms with E-state index in [0.29, 0.717) is 36.5 Å². The average molecular weight is 623 g/mol. The summed E-state index contributed by atoms with van der Waals surface area (Å²) in [7, 11) is 0. The first-order valence-electron chi connectivity index (χ1n) is 17.0. The molecule has 0 aromatic carbocycles. The number of ether oxygens (including phenoxy) is 4. The number of allylic oxidation sites excluding steroid dienone is 1. The van der Waals surface area contributed by atoms with Gasteiger partial charge in [-0.3, -0.25) is 0 Å². The minimum absolute atomic E-state index is 0.143. The normalized spacial score (nSPS) is 59.1. The number of hydrogen-bond acceptors (Lipinski definition) is 10. The molecule has 6 fully saturated rings. The van der Waals surface area contributed by atoms with Gasteiger partial charge in [0.05, 0.1) is 24.9 Å². The van der Waals surface area contributed by atoms with Crippen LogP contribution < -0.4 is 0 Å². The van der Waals surface area contributed by atoms with Crippen molar-refractivity contribution >= 4 is 0 Å². The lowest BCUT2D eigenvalue weighted by atomic mass is 9.46. The second-order valence-electron chi connectivity index (χ2n) is 16.3. The van der Waals surface area contributed by atoms with E-state index in [1.54, 1.807) is 0 Å². The van der Waals surface area contributed by atoms with Gasteiger partial charge in [-0.15, -0.1) is 0 Å². The number of fused-ring (bicyclic) bond motifs is 6. The Kier molecular flexibility index (Phi) is 7.74. The van der Waals surface area contributed by atoms with E-state index in [2.05, 4.69) is 33.8 Å². The van der Waals surface area contributed by atoms with E-state index in [0.717, 1.165) is 38.5 Å². The van der Waals surface area contributed by atoms with Crippen molar-refractivity contribution in [1.29, 1.82) is 0 Å². The number of aliphatic hydroxyl groups is 6. The van der Waals surface area contributed by atoms with Gasteiger partial charge in [-0.2, -0.15) is 0 Å². The van der Waals surface area contributed by atoms with E-state index in [1.807, 2.05) is 6.92 Å². The van der Waals surface area contributed by atoms with E-state index in [4.69, 9.17) is 18.9 Å². The van der Waals surface area contributed by atoms with Crippen molar-refractivity contribution in [2.45, 2.75) is 152 Å². The largest absolute Gasteiger partial charge is 0.394 e. The predicted molar refractivity (Wildman–Crippen MR) is 158 cm³/mol. The van der Waals surface area contributed by atoms with Crippen LogP contribution in [0.4, 0.5) is 0 Å². The van der Waals surface area contributed by atoms with Crippen molar-refractivity contribution in [2.24, 2.45) is 40.4 Å². The lowest BCUT2D eigenvalue weighted by Gasteiger charge is -2.59. The topological polar surface area (TPSA) is 162 Å². The zero-order valence-corrected chi connectivity index (χ0v) is 26.8. The maximum atomic E-state index is 11.3. The van der Waals surface area contributed by atoms with Gasteiger partial charge >= 0.3 is 0 Å². The maximum Gasteiger partial charge on any atom is 0.192 e. The van der Waals surface area contributed by atoms with Gasteiger partial charge in [-0.25, -0.2) is 0 Å². The van der Waals surface area contributed by atoms with Gasteiger partial charge in [0.25, 0.3) is 0 Å². The second-order valence-corrected chi connectivity index (χ2v) is 16.3. The zero-order chi connectivity index (χ0) is 31.6. The van der Waals surface area contributed by atoms with Crippen LogP contribution >= 0.6 is 0 Å². The molecule has 0 radical (unpaired) electrons.